The second-order valence-electron chi connectivity index (χ2n) is 7.83. The number of halogens is 1. The van der Waals surface area contributed by atoms with Crippen LogP contribution in [0.2, 0.25) is 0 Å². The van der Waals surface area contributed by atoms with E-state index in [-0.39, 0.29) is 17.6 Å². The number of anilines is 1. The molecule has 0 radical (unpaired) electrons. The van der Waals surface area contributed by atoms with Gasteiger partial charge in [0.25, 0.3) is 0 Å². The van der Waals surface area contributed by atoms with Crippen LogP contribution in [0.15, 0.2) is 42.5 Å². The molecule has 1 saturated heterocycles. The van der Waals surface area contributed by atoms with Gasteiger partial charge in [-0.3, -0.25) is 9.69 Å². The van der Waals surface area contributed by atoms with Gasteiger partial charge in [0, 0.05) is 18.8 Å². The lowest BCUT2D eigenvalue weighted by atomic mass is 9.96. The highest BCUT2D eigenvalue weighted by Gasteiger charge is 2.26. The summed E-state index contributed by atoms with van der Waals surface area (Å²) in [7, 11) is 0. The van der Waals surface area contributed by atoms with Crippen molar-refractivity contribution in [3.8, 4) is 5.69 Å². The number of hydrogen-bond donors (Lipinski definition) is 1. The van der Waals surface area contributed by atoms with Crippen LogP contribution in [-0.2, 0) is 11.3 Å². The molecule has 2 heterocycles. The largest absolute Gasteiger partial charge is 0.326 e. The van der Waals surface area contributed by atoms with E-state index in [2.05, 4.69) is 25.7 Å². The Morgan fingerprint density at radius 3 is 2.87 bits per heavy atom. The fraction of sp³-hybridized carbons (Fsp3) is 0.364. The lowest BCUT2D eigenvalue weighted by Gasteiger charge is -2.32. The first-order valence-electron chi connectivity index (χ1n) is 10.1. The summed E-state index contributed by atoms with van der Waals surface area (Å²) >= 11 is 0. The van der Waals surface area contributed by atoms with Crippen molar-refractivity contribution in [1.82, 2.24) is 25.1 Å². The van der Waals surface area contributed by atoms with Crippen molar-refractivity contribution >= 4 is 11.6 Å². The van der Waals surface area contributed by atoms with E-state index < -0.39 is 0 Å². The van der Waals surface area contributed by atoms with Crippen LogP contribution in [0.1, 0.15) is 29.8 Å². The van der Waals surface area contributed by atoms with Crippen LogP contribution < -0.4 is 5.32 Å². The highest BCUT2D eigenvalue weighted by atomic mass is 19.1. The number of rotatable bonds is 5. The van der Waals surface area contributed by atoms with Crippen LogP contribution in [0, 0.1) is 25.6 Å². The van der Waals surface area contributed by atoms with E-state index >= 15 is 0 Å². The van der Waals surface area contributed by atoms with Crippen LogP contribution >= 0.6 is 0 Å². The molecule has 1 aliphatic heterocycles. The van der Waals surface area contributed by atoms with Gasteiger partial charge in [0.1, 0.15) is 5.82 Å². The maximum Gasteiger partial charge on any atom is 0.228 e. The summed E-state index contributed by atoms with van der Waals surface area (Å²) in [6, 6.07) is 12.4. The van der Waals surface area contributed by atoms with Gasteiger partial charge >= 0.3 is 0 Å². The van der Waals surface area contributed by atoms with Gasteiger partial charge in [0.05, 0.1) is 11.6 Å². The molecule has 3 aromatic rings. The number of piperidine rings is 1. The molecule has 1 N–H and O–H groups in total. The second-order valence-corrected chi connectivity index (χ2v) is 7.83. The number of nitrogens with zero attached hydrogens (tertiary/aromatic N) is 5. The molecule has 0 aliphatic carbocycles. The molecular formula is C22H25FN6O. The van der Waals surface area contributed by atoms with Crippen molar-refractivity contribution in [3.05, 3.63) is 65.2 Å². The number of nitrogens with one attached hydrogen (secondary N) is 1. The van der Waals surface area contributed by atoms with E-state index in [9.17, 15) is 9.18 Å². The molecule has 7 nitrogen and oxygen atoms in total. The maximum atomic E-state index is 13.5. The number of carbonyl (C=O) groups excluding carboxylic acids is 1. The molecule has 8 heteroatoms. The maximum absolute atomic E-state index is 13.5. The van der Waals surface area contributed by atoms with Gasteiger partial charge in [-0.15, -0.1) is 5.10 Å². The zero-order valence-electron chi connectivity index (χ0n) is 17.2. The lowest BCUT2D eigenvalue weighted by Crippen LogP contribution is -2.40. The van der Waals surface area contributed by atoms with Gasteiger partial charge in [-0.25, -0.2) is 4.39 Å². The van der Waals surface area contributed by atoms with Crippen molar-refractivity contribution < 1.29 is 9.18 Å². The van der Waals surface area contributed by atoms with Gasteiger partial charge in [0.15, 0.2) is 5.82 Å². The molecule has 2 aromatic carbocycles. The van der Waals surface area contributed by atoms with E-state index in [1.165, 1.54) is 6.07 Å². The zero-order valence-corrected chi connectivity index (χ0v) is 17.2. The zero-order chi connectivity index (χ0) is 21.1. The van der Waals surface area contributed by atoms with Crippen molar-refractivity contribution in [2.45, 2.75) is 33.2 Å². The highest BCUT2D eigenvalue weighted by molar-refractivity contribution is 5.93. The van der Waals surface area contributed by atoms with E-state index in [0.717, 1.165) is 41.9 Å². The first-order valence-corrected chi connectivity index (χ1v) is 10.1. The molecule has 1 atom stereocenters. The molecule has 156 valence electrons. The fourth-order valence-electron chi connectivity index (χ4n) is 3.92. The molecular weight excluding hydrogens is 383 g/mol. The molecule has 0 spiro atoms. The molecule has 1 aliphatic rings. The fourth-order valence-corrected chi connectivity index (χ4v) is 3.92. The van der Waals surface area contributed by atoms with Gasteiger partial charge in [-0.1, -0.05) is 18.2 Å². The second kappa shape index (κ2) is 8.71. The number of carbonyl (C=O) groups is 1. The monoisotopic (exact) mass is 408 g/mol. The number of likely N-dealkylation sites (tertiary alicyclic amines) is 1. The SMILES string of the molecule is Cc1ccc(NC(=O)C2CCCN(Cc3cccc(F)c3)C2)cc1-n1nnnc1C. The number of hydrogen-bond acceptors (Lipinski definition) is 5. The quantitative estimate of drug-likeness (QED) is 0.701. The summed E-state index contributed by atoms with van der Waals surface area (Å²) in [6.07, 6.45) is 1.78. The average molecular weight is 408 g/mol. The summed E-state index contributed by atoms with van der Waals surface area (Å²) in [6.45, 7) is 6.03. The molecule has 0 bridgehead atoms. The molecule has 1 aromatic heterocycles. The number of benzene rings is 2. The van der Waals surface area contributed by atoms with Gasteiger partial charge < -0.3 is 5.32 Å². The Hall–Kier alpha value is -3.13. The first kappa shape index (κ1) is 20.2. The van der Waals surface area contributed by atoms with E-state index in [4.69, 9.17) is 0 Å². The van der Waals surface area contributed by atoms with Crippen molar-refractivity contribution in [3.63, 3.8) is 0 Å². The van der Waals surface area contributed by atoms with Crippen molar-refractivity contribution in [1.29, 1.82) is 0 Å². The summed E-state index contributed by atoms with van der Waals surface area (Å²) < 4.78 is 15.1. The molecule has 4 rings (SSSR count). The number of aryl methyl sites for hydroxylation is 2. The van der Waals surface area contributed by atoms with Crippen LogP contribution in [-0.4, -0.2) is 44.1 Å². The van der Waals surface area contributed by atoms with Gasteiger partial charge in [0.2, 0.25) is 5.91 Å². The standard InChI is InChI=1S/C22H25FN6O/c1-15-8-9-20(12-21(15)29-16(2)25-26-27-29)24-22(30)18-6-4-10-28(14-18)13-17-5-3-7-19(23)11-17/h3,5,7-9,11-12,18H,4,6,10,13-14H2,1-2H3,(H,24,30). The van der Waals surface area contributed by atoms with Crippen LogP contribution in [0.3, 0.4) is 0 Å². The van der Waals surface area contributed by atoms with Crippen molar-refractivity contribution in [2.75, 3.05) is 18.4 Å². The Morgan fingerprint density at radius 2 is 2.10 bits per heavy atom. The normalized spacial score (nSPS) is 17.1. The summed E-state index contributed by atoms with van der Waals surface area (Å²) in [5.74, 6) is 0.350. The van der Waals surface area contributed by atoms with Gasteiger partial charge in [-0.05, 0) is 79.1 Å². The average Bonchev–Trinajstić information content (AvgIpc) is 3.15. The van der Waals surface area contributed by atoms with Crippen LogP contribution in [0.25, 0.3) is 5.69 Å². The molecule has 30 heavy (non-hydrogen) atoms. The summed E-state index contributed by atoms with van der Waals surface area (Å²) in [5.41, 5.74) is 3.50. The third-order valence-corrected chi connectivity index (χ3v) is 5.50. The van der Waals surface area contributed by atoms with Gasteiger partial charge in [-0.2, -0.15) is 4.68 Å². The summed E-state index contributed by atoms with van der Waals surface area (Å²) in [4.78, 5) is 15.1. The molecule has 1 unspecified atom stereocenters. The predicted molar refractivity (Wildman–Crippen MR) is 112 cm³/mol. The minimum atomic E-state index is -0.230. The lowest BCUT2D eigenvalue weighted by molar-refractivity contribution is -0.121. The number of aromatic nitrogens is 4. The van der Waals surface area contributed by atoms with E-state index in [1.807, 2.05) is 38.1 Å². The third-order valence-electron chi connectivity index (χ3n) is 5.50. The summed E-state index contributed by atoms with van der Waals surface area (Å²) in [5, 5.41) is 14.7. The smallest absolute Gasteiger partial charge is 0.228 e. The Morgan fingerprint density at radius 1 is 1.23 bits per heavy atom. The van der Waals surface area contributed by atoms with Crippen molar-refractivity contribution in [2.24, 2.45) is 5.92 Å². The Labute approximate surface area is 174 Å². The number of amides is 1. The van der Waals surface area contributed by atoms with E-state index in [0.29, 0.717) is 18.9 Å². The Kier molecular flexibility index (Phi) is 5.85. The molecule has 1 fully saturated rings. The molecule has 1 amide bonds. The molecule has 0 saturated carbocycles. The minimum absolute atomic E-state index is 0.00202. The predicted octanol–water partition coefficient (Wildman–Crippen LogP) is 3.27. The van der Waals surface area contributed by atoms with Crippen LogP contribution in [0.4, 0.5) is 10.1 Å². The first-order chi connectivity index (χ1) is 14.5. The van der Waals surface area contributed by atoms with Crippen LogP contribution in [0.5, 0.6) is 0 Å². The van der Waals surface area contributed by atoms with E-state index in [1.54, 1.807) is 16.8 Å². The third kappa shape index (κ3) is 4.54. The minimum Gasteiger partial charge on any atom is -0.326 e. The number of tetrazole rings is 1. The highest BCUT2D eigenvalue weighted by Crippen LogP contribution is 2.23. The topological polar surface area (TPSA) is 75.9 Å². The Balaban J connectivity index is 1.43. The Bertz CT molecular complexity index is 1050.